The van der Waals surface area contributed by atoms with Crippen molar-refractivity contribution in [2.24, 2.45) is 0 Å². The van der Waals surface area contributed by atoms with Gasteiger partial charge >= 0.3 is 5.97 Å². The molecule has 3 N–H and O–H groups in total. The number of carbonyl (C=O) groups is 1. The Balaban J connectivity index is 3.19. The fraction of sp³-hybridized carbons (Fsp3) is 0.300. The predicted octanol–water partition coefficient (Wildman–Crippen LogP) is 0.853. The van der Waals surface area contributed by atoms with Gasteiger partial charge in [0.15, 0.2) is 0 Å². The summed E-state index contributed by atoms with van der Waals surface area (Å²) in [5.74, 6) is -1.27. The van der Waals surface area contributed by atoms with Crippen LogP contribution in [0, 0.1) is 0 Å². The minimum atomic E-state index is -4.17. The molecule has 0 unspecified atom stereocenters. The molecule has 0 saturated heterocycles. The number of nitrogens with two attached hydrogens (primary N) is 1. The lowest BCUT2D eigenvalue weighted by molar-refractivity contribution is 0.0696. The highest BCUT2D eigenvalue weighted by atomic mass is 32.2. The summed E-state index contributed by atoms with van der Waals surface area (Å²) in [6, 6.07) is 2.99. The van der Waals surface area contributed by atoms with Crippen LogP contribution < -0.4 is 5.73 Å². The summed E-state index contributed by atoms with van der Waals surface area (Å²) in [4.78, 5) is 10.3. The van der Waals surface area contributed by atoms with Crippen molar-refractivity contribution in [3.05, 3.63) is 23.8 Å². The highest BCUT2D eigenvalue weighted by Gasteiger charge is 2.26. The smallest absolute Gasteiger partial charge is 0.335 e. The maximum absolute atomic E-state index is 12.2. The summed E-state index contributed by atoms with van der Waals surface area (Å²) in [6.07, 6.45) is -2.82. The minimum absolute atomic E-state index is 0.187. The van der Waals surface area contributed by atoms with E-state index >= 15 is 0 Å². The van der Waals surface area contributed by atoms with E-state index in [1.165, 1.54) is 0 Å². The lowest BCUT2D eigenvalue weighted by Gasteiger charge is -2.17. The van der Waals surface area contributed by atoms with Gasteiger partial charge in [-0.25, -0.2) is 22.0 Å². The molecule has 6 nitrogen and oxygen atoms in total. The van der Waals surface area contributed by atoms with E-state index in [1.807, 2.05) is 0 Å². The zero-order valence-electron chi connectivity index (χ0n) is 9.88. The van der Waals surface area contributed by atoms with E-state index in [0.717, 1.165) is 25.2 Å². The average Bonchev–Trinajstić information content (AvgIpc) is 2.27. The lowest BCUT2D eigenvalue weighted by Crippen LogP contribution is -2.31. The molecule has 0 aliphatic rings. The first-order chi connectivity index (χ1) is 8.66. The fourth-order valence-electron chi connectivity index (χ4n) is 1.38. The fourth-order valence-corrected chi connectivity index (χ4v) is 2.62. The highest BCUT2D eigenvalue weighted by Crippen LogP contribution is 2.23. The van der Waals surface area contributed by atoms with Crippen LogP contribution >= 0.6 is 0 Å². The Hall–Kier alpha value is -1.74. The molecule has 0 saturated carbocycles. The molecule has 0 aliphatic heterocycles. The second-order valence-electron chi connectivity index (χ2n) is 3.73. The number of hydrogen-bond donors (Lipinski definition) is 2. The van der Waals surface area contributed by atoms with Gasteiger partial charge in [0.2, 0.25) is 10.0 Å². The van der Waals surface area contributed by atoms with E-state index in [0.29, 0.717) is 4.31 Å². The van der Waals surface area contributed by atoms with Gasteiger partial charge in [0, 0.05) is 7.05 Å². The maximum atomic E-state index is 12.2. The maximum Gasteiger partial charge on any atom is 0.335 e. The number of anilines is 1. The lowest BCUT2D eigenvalue weighted by atomic mass is 10.2. The first-order valence-electron chi connectivity index (χ1n) is 5.03. The van der Waals surface area contributed by atoms with Crippen LogP contribution in [0.2, 0.25) is 0 Å². The molecule has 0 radical (unpaired) electrons. The summed E-state index contributed by atoms with van der Waals surface area (Å²) in [5, 5.41) is 8.72. The molecule has 9 heteroatoms. The topological polar surface area (TPSA) is 101 Å². The van der Waals surface area contributed by atoms with Crippen molar-refractivity contribution in [3.63, 3.8) is 0 Å². The number of alkyl halides is 2. The Morgan fingerprint density at radius 1 is 1.47 bits per heavy atom. The molecule has 0 atom stereocenters. The SMILES string of the molecule is CN(CC(F)F)S(=O)(=O)c1ccc(C(=O)O)cc1N. The van der Waals surface area contributed by atoms with Gasteiger partial charge in [0.05, 0.1) is 17.8 Å². The molecule has 1 rings (SSSR count). The standard InChI is InChI=1S/C10H12F2N2O4S/c1-14(5-9(11)12)19(17,18)8-3-2-6(10(15)16)4-7(8)13/h2-4,9H,5,13H2,1H3,(H,15,16). The molecule has 0 aliphatic carbocycles. The van der Waals surface area contributed by atoms with Gasteiger partial charge in [0.1, 0.15) is 4.90 Å². The van der Waals surface area contributed by atoms with E-state index in [9.17, 15) is 22.0 Å². The molecular formula is C10H12F2N2O4S. The van der Waals surface area contributed by atoms with Crippen molar-refractivity contribution in [1.29, 1.82) is 0 Å². The Morgan fingerprint density at radius 3 is 2.47 bits per heavy atom. The number of carboxylic acid groups (broad SMARTS) is 1. The van der Waals surface area contributed by atoms with Crippen LogP contribution in [0.25, 0.3) is 0 Å². The Bertz CT molecular complexity index is 589. The van der Waals surface area contributed by atoms with Crippen LogP contribution in [0.5, 0.6) is 0 Å². The zero-order valence-corrected chi connectivity index (χ0v) is 10.7. The van der Waals surface area contributed by atoms with Gasteiger partial charge in [-0.1, -0.05) is 0 Å². The minimum Gasteiger partial charge on any atom is -0.478 e. The second-order valence-corrected chi connectivity index (χ2v) is 5.75. The Labute approximate surface area is 108 Å². The summed E-state index contributed by atoms with van der Waals surface area (Å²) >= 11 is 0. The number of aromatic carboxylic acids is 1. The van der Waals surface area contributed by atoms with E-state index in [4.69, 9.17) is 10.8 Å². The second kappa shape index (κ2) is 5.49. The van der Waals surface area contributed by atoms with Crippen molar-refractivity contribution < 1.29 is 27.1 Å². The Morgan fingerprint density at radius 2 is 2.05 bits per heavy atom. The van der Waals surface area contributed by atoms with E-state index in [1.54, 1.807) is 0 Å². The van der Waals surface area contributed by atoms with Gasteiger partial charge in [-0.15, -0.1) is 0 Å². The monoisotopic (exact) mass is 294 g/mol. The molecule has 0 heterocycles. The van der Waals surface area contributed by atoms with Crippen molar-refractivity contribution in [2.45, 2.75) is 11.3 Å². The number of sulfonamides is 1. The third-order valence-corrected chi connectivity index (χ3v) is 4.24. The van der Waals surface area contributed by atoms with E-state index in [-0.39, 0.29) is 11.3 Å². The van der Waals surface area contributed by atoms with E-state index in [2.05, 4.69) is 0 Å². The molecular weight excluding hydrogens is 282 g/mol. The van der Waals surface area contributed by atoms with Crippen LogP contribution in [0.3, 0.4) is 0 Å². The predicted molar refractivity (Wildman–Crippen MR) is 63.6 cm³/mol. The Kier molecular flexibility index (Phi) is 4.43. The van der Waals surface area contributed by atoms with E-state index < -0.39 is 33.9 Å². The summed E-state index contributed by atoms with van der Waals surface area (Å²) in [5.41, 5.74) is 4.97. The third-order valence-electron chi connectivity index (χ3n) is 2.34. The number of carboxylic acids is 1. The summed E-state index contributed by atoms with van der Waals surface area (Å²) < 4.78 is 48.7. The van der Waals surface area contributed by atoms with Crippen LogP contribution in [-0.4, -0.2) is 43.8 Å². The molecule has 0 bridgehead atoms. The van der Waals surface area contributed by atoms with Crippen LogP contribution in [0.4, 0.5) is 14.5 Å². The zero-order chi connectivity index (χ0) is 14.8. The average molecular weight is 294 g/mol. The number of nitrogens with zero attached hydrogens (tertiary/aromatic N) is 1. The van der Waals surface area contributed by atoms with Crippen LogP contribution in [0.1, 0.15) is 10.4 Å². The number of nitrogen functional groups attached to an aromatic ring is 1. The number of halogens is 2. The highest BCUT2D eigenvalue weighted by molar-refractivity contribution is 7.89. The quantitative estimate of drug-likeness (QED) is 0.784. The molecule has 0 amide bonds. The van der Waals surface area contributed by atoms with Crippen molar-refractivity contribution in [2.75, 3.05) is 19.3 Å². The van der Waals surface area contributed by atoms with Gasteiger partial charge in [-0.2, -0.15) is 4.31 Å². The first-order valence-corrected chi connectivity index (χ1v) is 6.47. The van der Waals surface area contributed by atoms with Gasteiger partial charge in [-0.05, 0) is 18.2 Å². The van der Waals surface area contributed by atoms with Gasteiger partial charge in [-0.3, -0.25) is 0 Å². The van der Waals surface area contributed by atoms with Crippen LogP contribution in [-0.2, 0) is 10.0 Å². The number of rotatable bonds is 5. The molecule has 0 spiro atoms. The van der Waals surface area contributed by atoms with Gasteiger partial charge < -0.3 is 10.8 Å². The van der Waals surface area contributed by atoms with Crippen molar-refractivity contribution >= 4 is 21.7 Å². The molecule has 1 aromatic rings. The van der Waals surface area contributed by atoms with Gasteiger partial charge in [0.25, 0.3) is 6.43 Å². The number of hydrogen-bond acceptors (Lipinski definition) is 4. The normalized spacial score (nSPS) is 12.1. The molecule has 106 valence electrons. The van der Waals surface area contributed by atoms with Crippen LogP contribution in [0.15, 0.2) is 23.1 Å². The summed E-state index contributed by atoms with van der Waals surface area (Å²) in [7, 11) is -3.18. The molecule has 19 heavy (non-hydrogen) atoms. The summed E-state index contributed by atoms with van der Waals surface area (Å²) in [6.45, 7) is -0.970. The largest absolute Gasteiger partial charge is 0.478 e. The first kappa shape index (κ1) is 15.3. The molecule has 0 fully saturated rings. The third kappa shape index (κ3) is 3.38. The van der Waals surface area contributed by atoms with Crippen molar-refractivity contribution in [3.8, 4) is 0 Å². The van der Waals surface area contributed by atoms with Crippen molar-refractivity contribution in [1.82, 2.24) is 4.31 Å². The molecule has 0 aromatic heterocycles. The number of benzene rings is 1. The molecule has 1 aromatic carbocycles.